The van der Waals surface area contributed by atoms with Crippen LogP contribution < -0.4 is 10.5 Å². The standard InChI is InChI=1S/C8H12N2O3S/c1-14(12,13)10-8(11)6-2-4-7(9)5-3-6/h2-5,8,10-11H,9H2,1H3. The van der Waals surface area contributed by atoms with E-state index >= 15 is 0 Å². The van der Waals surface area contributed by atoms with Crippen molar-refractivity contribution in [2.45, 2.75) is 6.23 Å². The molecule has 0 heterocycles. The minimum absolute atomic E-state index is 0.449. The summed E-state index contributed by atoms with van der Waals surface area (Å²) in [5, 5.41) is 9.42. The van der Waals surface area contributed by atoms with E-state index in [0.29, 0.717) is 11.3 Å². The summed E-state index contributed by atoms with van der Waals surface area (Å²) in [5.41, 5.74) is 6.44. The van der Waals surface area contributed by atoms with Crippen LogP contribution in [-0.2, 0) is 10.0 Å². The molecule has 0 aromatic heterocycles. The fourth-order valence-corrected chi connectivity index (χ4v) is 1.49. The minimum atomic E-state index is -3.41. The lowest BCUT2D eigenvalue weighted by Gasteiger charge is -2.11. The van der Waals surface area contributed by atoms with E-state index in [1.165, 1.54) is 0 Å². The van der Waals surface area contributed by atoms with Gasteiger partial charge in [-0.1, -0.05) is 12.1 Å². The number of nitrogens with one attached hydrogen (secondary N) is 1. The van der Waals surface area contributed by atoms with Crippen molar-refractivity contribution >= 4 is 15.7 Å². The third-order valence-corrected chi connectivity index (χ3v) is 2.23. The summed E-state index contributed by atoms with van der Waals surface area (Å²) in [6.45, 7) is 0. The van der Waals surface area contributed by atoms with Gasteiger partial charge < -0.3 is 10.8 Å². The van der Waals surface area contributed by atoms with E-state index in [2.05, 4.69) is 0 Å². The Bertz CT molecular complexity index is 399. The van der Waals surface area contributed by atoms with Crippen LogP contribution in [0.2, 0.25) is 0 Å². The smallest absolute Gasteiger partial charge is 0.211 e. The summed E-state index contributed by atoms with van der Waals surface area (Å²) < 4.78 is 23.6. The van der Waals surface area contributed by atoms with Gasteiger partial charge in [0, 0.05) is 5.69 Å². The largest absolute Gasteiger partial charge is 0.399 e. The number of hydrogen-bond donors (Lipinski definition) is 3. The maximum Gasteiger partial charge on any atom is 0.211 e. The van der Waals surface area contributed by atoms with E-state index in [0.717, 1.165) is 6.26 Å². The molecule has 1 rings (SSSR count). The fraction of sp³-hybridized carbons (Fsp3) is 0.250. The minimum Gasteiger partial charge on any atom is -0.399 e. The third kappa shape index (κ3) is 3.33. The topological polar surface area (TPSA) is 92.4 Å². The number of aliphatic hydroxyl groups is 1. The van der Waals surface area contributed by atoms with Crippen molar-refractivity contribution < 1.29 is 13.5 Å². The van der Waals surface area contributed by atoms with Gasteiger partial charge in [-0.3, -0.25) is 0 Å². The Kier molecular flexibility index (Phi) is 3.10. The first-order valence-electron chi connectivity index (χ1n) is 3.89. The number of sulfonamides is 1. The van der Waals surface area contributed by atoms with E-state index < -0.39 is 16.3 Å². The van der Waals surface area contributed by atoms with Crippen LogP contribution in [0.3, 0.4) is 0 Å². The molecule has 0 spiro atoms. The molecular weight excluding hydrogens is 204 g/mol. The molecule has 78 valence electrons. The zero-order valence-electron chi connectivity index (χ0n) is 7.64. The van der Waals surface area contributed by atoms with E-state index in [-0.39, 0.29) is 0 Å². The predicted octanol–water partition coefficient (Wildman–Crippen LogP) is -0.191. The average Bonchev–Trinajstić information content (AvgIpc) is 2.02. The number of aliphatic hydroxyl groups excluding tert-OH is 1. The molecular formula is C8H12N2O3S. The van der Waals surface area contributed by atoms with E-state index in [1.807, 2.05) is 4.72 Å². The van der Waals surface area contributed by atoms with Gasteiger partial charge in [0.05, 0.1) is 6.26 Å². The average molecular weight is 216 g/mol. The molecule has 0 bridgehead atoms. The normalized spacial score (nSPS) is 13.9. The highest BCUT2D eigenvalue weighted by Gasteiger charge is 2.11. The number of nitrogen functional groups attached to an aromatic ring is 1. The van der Waals surface area contributed by atoms with Crippen LogP contribution in [0.5, 0.6) is 0 Å². The number of hydrogen-bond acceptors (Lipinski definition) is 4. The first kappa shape index (κ1) is 11.0. The summed E-state index contributed by atoms with van der Waals surface area (Å²) >= 11 is 0. The number of benzene rings is 1. The van der Waals surface area contributed by atoms with Gasteiger partial charge in [-0.2, -0.15) is 4.72 Å². The summed E-state index contributed by atoms with van der Waals surface area (Å²) in [4.78, 5) is 0. The van der Waals surface area contributed by atoms with Crippen LogP contribution in [0.25, 0.3) is 0 Å². The molecule has 0 aliphatic carbocycles. The lowest BCUT2D eigenvalue weighted by Crippen LogP contribution is -2.26. The summed E-state index contributed by atoms with van der Waals surface area (Å²) in [7, 11) is -3.41. The van der Waals surface area contributed by atoms with Gasteiger partial charge in [0.25, 0.3) is 0 Å². The summed E-state index contributed by atoms with van der Waals surface area (Å²) in [5.74, 6) is 0. The van der Waals surface area contributed by atoms with E-state index in [9.17, 15) is 13.5 Å². The predicted molar refractivity (Wildman–Crippen MR) is 53.8 cm³/mol. The Labute approximate surface area is 82.6 Å². The van der Waals surface area contributed by atoms with Gasteiger partial charge >= 0.3 is 0 Å². The molecule has 1 unspecified atom stereocenters. The molecule has 1 aromatic rings. The first-order chi connectivity index (χ1) is 6.38. The Balaban J connectivity index is 2.80. The van der Waals surface area contributed by atoms with Crippen molar-refractivity contribution in [2.75, 3.05) is 12.0 Å². The molecule has 0 saturated heterocycles. The maximum atomic E-state index is 10.8. The highest BCUT2D eigenvalue weighted by atomic mass is 32.2. The van der Waals surface area contributed by atoms with Crippen LogP contribution in [0.1, 0.15) is 11.8 Å². The lowest BCUT2D eigenvalue weighted by molar-refractivity contribution is 0.167. The van der Waals surface area contributed by atoms with Crippen molar-refractivity contribution in [1.29, 1.82) is 0 Å². The van der Waals surface area contributed by atoms with Crippen LogP contribution in [0.15, 0.2) is 24.3 Å². The van der Waals surface area contributed by atoms with Crippen molar-refractivity contribution in [2.24, 2.45) is 0 Å². The van der Waals surface area contributed by atoms with Gasteiger partial charge in [-0.25, -0.2) is 8.42 Å². The molecule has 4 N–H and O–H groups in total. The van der Waals surface area contributed by atoms with Gasteiger partial charge in [0.2, 0.25) is 10.0 Å². The molecule has 1 atom stereocenters. The van der Waals surface area contributed by atoms with Crippen molar-refractivity contribution in [3.63, 3.8) is 0 Å². The van der Waals surface area contributed by atoms with Crippen molar-refractivity contribution in [3.8, 4) is 0 Å². The molecule has 0 radical (unpaired) electrons. The second-order valence-electron chi connectivity index (χ2n) is 2.96. The maximum absolute atomic E-state index is 10.8. The molecule has 0 aliphatic heterocycles. The molecule has 0 fully saturated rings. The number of nitrogens with two attached hydrogens (primary N) is 1. The van der Waals surface area contributed by atoms with E-state index in [4.69, 9.17) is 5.73 Å². The van der Waals surface area contributed by atoms with Gasteiger partial charge in [-0.05, 0) is 17.7 Å². The SMILES string of the molecule is CS(=O)(=O)NC(O)c1ccc(N)cc1. The van der Waals surface area contributed by atoms with Crippen molar-refractivity contribution in [3.05, 3.63) is 29.8 Å². The van der Waals surface area contributed by atoms with Crippen LogP contribution in [0.4, 0.5) is 5.69 Å². The summed E-state index contributed by atoms with van der Waals surface area (Å²) in [6, 6.07) is 6.28. The number of anilines is 1. The highest BCUT2D eigenvalue weighted by Crippen LogP contribution is 2.12. The van der Waals surface area contributed by atoms with Crippen LogP contribution in [-0.4, -0.2) is 19.8 Å². The second-order valence-corrected chi connectivity index (χ2v) is 4.74. The number of rotatable bonds is 3. The quantitative estimate of drug-likeness (QED) is 0.482. The van der Waals surface area contributed by atoms with Crippen molar-refractivity contribution in [1.82, 2.24) is 4.72 Å². The molecule has 0 saturated carbocycles. The second kappa shape index (κ2) is 3.95. The first-order valence-corrected chi connectivity index (χ1v) is 5.78. The Morgan fingerprint density at radius 1 is 1.36 bits per heavy atom. The highest BCUT2D eigenvalue weighted by molar-refractivity contribution is 7.88. The van der Waals surface area contributed by atoms with Crippen LogP contribution >= 0.6 is 0 Å². The lowest BCUT2D eigenvalue weighted by atomic mass is 10.2. The third-order valence-electron chi connectivity index (χ3n) is 1.58. The molecule has 6 heteroatoms. The molecule has 14 heavy (non-hydrogen) atoms. The molecule has 5 nitrogen and oxygen atoms in total. The monoisotopic (exact) mass is 216 g/mol. The Morgan fingerprint density at radius 2 is 1.86 bits per heavy atom. The zero-order valence-corrected chi connectivity index (χ0v) is 8.45. The van der Waals surface area contributed by atoms with Gasteiger partial charge in [0.15, 0.2) is 0 Å². The molecule has 0 amide bonds. The summed E-state index contributed by atoms with van der Waals surface area (Å²) in [6.07, 6.45) is -0.251. The molecule has 0 aliphatic rings. The Hall–Kier alpha value is -1.11. The van der Waals surface area contributed by atoms with Gasteiger partial charge in [0.1, 0.15) is 6.23 Å². The zero-order chi connectivity index (χ0) is 10.8. The Morgan fingerprint density at radius 3 is 2.29 bits per heavy atom. The van der Waals surface area contributed by atoms with Crippen LogP contribution in [0, 0.1) is 0 Å². The molecule has 1 aromatic carbocycles. The fourth-order valence-electron chi connectivity index (χ4n) is 0.949. The van der Waals surface area contributed by atoms with Gasteiger partial charge in [-0.15, -0.1) is 0 Å². The van der Waals surface area contributed by atoms with E-state index in [1.54, 1.807) is 24.3 Å².